The zero-order chi connectivity index (χ0) is 15.4. The van der Waals surface area contributed by atoms with Crippen LogP contribution >= 0.6 is 11.6 Å². The van der Waals surface area contributed by atoms with Crippen LogP contribution in [0.15, 0.2) is 36.4 Å². The SMILES string of the molecule is CCNC(c1ccc(OC)c(C)c1)c1ccc(Cl)cc1C. The molecule has 2 nitrogen and oxygen atoms in total. The molecule has 21 heavy (non-hydrogen) atoms. The van der Waals surface area contributed by atoms with E-state index in [4.69, 9.17) is 16.3 Å². The Kier molecular flexibility index (Phi) is 5.27. The molecule has 0 aromatic heterocycles. The molecule has 0 heterocycles. The average Bonchev–Trinajstić information content (AvgIpc) is 2.45. The minimum absolute atomic E-state index is 0.164. The summed E-state index contributed by atoms with van der Waals surface area (Å²) in [5, 5.41) is 4.33. The number of nitrogens with one attached hydrogen (secondary N) is 1. The lowest BCUT2D eigenvalue weighted by molar-refractivity contribution is 0.411. The van der Waals surface area contributed by atoms with Gasteiger partial charge in [-0.05, 0) is 60.8 Å². The molecule has 1 atom stereocenters. The molecule has 0 spiro atoms. The van der Waals surface area contributed by atoms with Gasteiger partial charge in [0.2, 0.25) is 0 Å². The van der Waals surface area contributed by atoms with E-state index >= 15 is 0 Å². The summed E-state index contributed by atoms with van der Waals surface area (Å²) in [7, 11) is 1.70. The van der Waals surface area contributed by atoms with Gasteiger partial charge in [0, 0.05) is 5.02 Å². The summed E-state index contributed by atoms with van der Waals surface area (Å²) in [6.45, 7) is 7.19. The highest BCUT2D eigenvalue weighted by Crippen LogP contribution is 2.29. The van der Waals surface area contributed by atoms with E-state index in [9.17, 15) is 0 Å². The van der Waals surface area contributed by atoms with Gasteiger partial charge in [-0.25, -0.2) is 0 Å². The summed E-state index contributed by atoms with van der Waals surface area (Å²) < 4.78 is 5.35. The Balaban J connectivity index is 2.45. The Morgan fingerprint density at radius 2 is 1.86 bits per heavy atom. The first kappa shape index (κ1) is 15.9. The first-order valence-corrected chi connectivity index (χ1v) is 7.58. The van der Waals surface area contributed by atoms with Crippen LogP contribution in [0.5, 0.6) is 5.75 Å². The van der Waals surface area contributed by atoms with E-state index in [1.807, 2.05) is 18.2 Å². The minimum Gasteiger partial charge on any atom is -0.496 e. The maximum absolute atomic E-state index is 6.07. The Labute approximate surface area is 132 Å². The standard InChI is InChI=1S/C18H22ClNO/c1-5-20-18(16-8-7-15(19)11-12(16)2)14-6-9-17(21-4)13(3)10-14/h6-11,18,20H,5H2,1-4H3. The first-order valence-electron chi connectivity index (χ1n) is 7.20. The van der Waals surface area contributed by atoms with Crippen molar-refractivity contribution in [3.63, 3.8) is 0 Å². The molecule has 0 saturated heterocycles. The topological polar surface area (TPSA) is 21.3 Å². The Morgan fingerprint density at radius 3 is 2.43 bits per heavy atom. The molecular weight excluding hydrogens is 282 g/mol. The second-order valence-corrected chi connectivity index (χ2v) is 5.66. The summed E-state index contributed by atoms with van der Waals surface area (Å²) in [6.07, 6.45) is 0. The summed E-state index contributed by atoms with van der Waals surface area (Å²) >= 11 is 6.07. The largest absolute Gasteiger partial charge is 0.496 e. The van der Waals surface area contributed by atoms with Crippen molar-refractivity contribution in [1.82, 2.24) is 5.32 Å². The van der Waals surface area contributed by atoms with Gasteiger partial charge in [-0.3, -0.25) is 0 Å². The van der Waals surface area contributed by atoms with Crippen LogP contribution in [0.1, 0.15) is 35.2 Å². The molecule has 2 rings (SSSR count). The van der Waals surface area contributed by atoms with Crippen LogP contribution in [-0.2, 0) is 0 Å². The van der Waals surface area contributed by atoms with E-state index in [1.54, 1.807) is 7.11 Å². The van der Waals surface area contributed by atoms with Crippen molar-refractivity contribution >= 4 is 11.6 Å². The van der Waals surface area contributed by atoms with E-state index in [1.165, 1.54) is 16.7 Å². The van der Waals surface area contributed by atoms with Crippen molar-refractivity contribution < 1.29 is 4.74 Å². The minimum atomic E-state index is 0.164. The quantitative estimate of drug-likeness (QED) is 0.867. The molecule has 3 heteroatoms. The van der Waals surface area contributed by atoms with Crippen LogP contribution in [0.4, 0.5) is 0 Å². The lowest BCUT2D eigenvalue weighted by Gasteiger charge is -2.22. The summed E-state index contributed by atoms with van der Waals surface area (Å²) in [6, 6.07) is 12.6. The van der Waals surface area contributed by atoms with E-state index in [2.05, 4.69) is 44.3 Å². The molecule has 2 aromatic rings. The van der Waals surface area contributed by atoms with E-state index in [0.29, 0.717) is 0 Å². The Hall–Kier alpha value is -1.51. The molecule has 0 bridgehead atoms. The van der Waals surface area contributed by atoms with Gasteiger partial charge in [0.05, 0.1) is 13.2 Å². The van der Waals surface area contributed by atoms with Gasteiger partial charge in [0.25, 0.3) is 0 Å². The fourth-order valence-corrected chi connectivity index (χ4v) is 2.88. The average molecular weight is 304 g/mol. The second kappa shape index (κ2) is 6.97. The van der Waals surface area contributed by atoms with Gasteiger partial charge in [-0.15, -0.1) is 0 Å². The molecule has 1 N–H and O–H groups in total. The van der Waals surface area contributed by atoms with Crippen LogP contribution in [0, 0.1) is 13.8 Å². The van der Waals surface area contributed by atoms with E-state index < -0.39 is 0 Å². The van der Waals surface area contributed by atoms with E-state index in [-0.39, 0.29) is 6.04 Å². The van der Waals surface area contributed by atoms with Crippen molar-refractivity contribution in [3.8, 4) is 5.75 Å². The highest BCUT2D eigenvalue weighted by molar-refractivity contribution is 6.30. The number of halogens is 1. The number of methoxy groups -OCH3 is 1. The molecule has 0 aliphatic rings. The summed E-state index contributed by atoms with van der Waals surface area (Å²) in [5.74, 6) is 0.918. The second-order valence-electron chi connectivity index (χ2n) is 5.22. The van der Waals surface area contributed by atoms with Crippen molar-refractivity contribution in [3.05, 3.63) is 63.7 Å². The third-order valence-corrected chi connectivity index (χ3v) is 3.94. The van der Waals surface area contributed by atoms with Crippen LogP contribution in [-0.4, -0.2) is 13.7 Å². The number of aryl methyl sites for hydroxylation is 2. The van der Waals surface area contributed by atoms with Crippen molar-refractivity contribution in [1.29, 1.82) is 0 Å². The van der Waals surface area contributed by atoms with Gasteiger partial charge < -0.3 is 10.1 Å². The number of ether oxygens (including phenoxy) is 1. The fourth-order valence-electron chi connectivity index (χ4n) is 2.66. The zero-order valence-corrected chi connectivity index (χ0v) is 13.8. The van der Waals surface area contributed by atoms with Crippen LogP contribution in [0.25, 0.3) is 0 Å². The third-order valence-electron chi connectivity index (χ3n) is 3.70. The predicted molar refractivity (Wildman–Crippen MR) is 89.4 cm³/mol. The number of rotatable bonds is 5. The highest BCUT2D eigenvalue weighted by Gasteiger charge is 2.16. The number of hydrogen-bond donors (Lipinski definition) is 1. The maximum atomic E-state index is 6.07. The monoisotopic (exact) mass is 303 g/mol. The van der Waals surface area contributed by atoms with Gasteiger partial charge >= 0.3 is 0 Å². The number of benzene rings is 2. The summed E-state index contributed by atoms with van der Waals surface area (Å²) in [4.78, 5) is 0. The van der Waals surface area contributed by atoms with Gasteiger partial charge in [0.15, 0.2) is 0 Å². The van der Waals surface area contributed by atoms with Crippen molar-refractivity contribution in [2.45, 2.75) is 26.8 Å². The van der Waals surface area contributed by atoms with Crippen molar-refractivity contribution in [2.75, 3.05) is 13.7 Å². The fraction of sp³-hybridized carbons (Fsp3) is 0.333. The highest BCUT2D eigenvalue weighted by atomic mass is 35.5. The van der Waals surface area contributed by atoms with Crippen molar-refractivity contribution in [2.24, 2.45) is 0 Å². The van der Waals surface area contributed by atoms with Crippen LogP contribution in [0.3, 0.4) is 0 Å². The van der Waals surface area contributed by atoms with Crippen LogP contribution in [0.2, 0.25) is 5.02 Å². The molecule has 112 valence electrons. The molecule has 0 saturated carbocycles. The smallest absolute Gasteiger partial charge is 0.121 e. The summed E-state index contributed by atoms with van der Waals surface area (Å²) in [5.41, 5.74) is 4.83. The lowest BCUT2D eigenvalue weighted by Crippen LogP contribution is -2.22. The molecule has 1 unspecified atom stereocenters. The normalized spacial score (nSPS) is 12.2. The molecule has 0 aliphatic carbocycles. The lowest BCUT2D eigenvalue weighted by atomic mass is 9.94. The third kappa shape index (κ3) is 3.58. The Morgan fingerprint density at radius 1 is 1.10 bits per heavy atom. The first-order chi connectivity index (χ1) is 10.1. The van der Waals surface area contributed by atoms with Gasteiger partial charge in [0.1, 0.15) is 5.75 Å². The van der Waals surface area contributed by atoms with Crippen LogP contribution < -0.4 is 10.1 Å². The zero-order valence-electron chi connectivity index (χ0n) is 13.0. The Bertz CT molecular complexity index is 625. The molecule has 0 radical (unpaired) electrons. The molecule has 0 amide bonds. The molecule has 2 aromatic carbocycles. The maximum Gasteiger partial charge on any atom is 0.121 e. The van der Waals surface area contributed by atoms with Gasteiger partial charge in [-0.2, -0.15) is 0 Å². The predicted octanol–water partition coefficient (Wildman–Crippen LogP) is 4.66. The molecule has 0 aliphatic heterocycles. The van der Waals surface area contributed by atoms with E-state index in [0.717, 1.165) is 22.9 Å². The molecule has 0 fully saturated rings. The molecular formula is C18H22ClNO. The van der Waals surface area contributed by atoms with Gasteiger partial charge in [-0.1, -0.05) is 36.7 Å². The number of hydrogen-bond acceptors (Lipinski definition) is 2.